The summed E-state index contributed by atoms with van der Waals surface area (Å²) in [5, 5.41) is 0.811. The molecule has 0 unspecified atom stereocenters. The molecule has 0 aliphatic carbocycles. The first-order valence-electron chi connectivity index (χ1n) is 13.0. The second kappa shape index (κ2) is 15.0. The molecule has 2 aromatic carbocycles. The molecule has 0 saturated carbocycles. The minimum absolute atomic E-state index is 0.167. The summed E-state index contributed by atoms with van der Waals surface area (Å²) in [4.78, 5) is 24.4. The Hall–Kier alpha value is -3.08. The Morgan fingerprint density at radius 3 is 2.23 bits per heavy atom. The van der Waals surface area contributed by atoms with Crippen molar-refractivity contribution in [2.24, 2.45) is 0 Å². The van der Waals surface area contributed by atoms with Gasteiger partial charge < -0.3 is 13.9 Å². The van der Waals surface area contributed by atoms with E-state index in [2.05, 4.69) is 6.92 Å². The molecule has 5 heteroatoms. The summed E-state index contributed by atoms with van der Waals surface area (Å²) in [6.07, 6.45) is 12.9. The van der Waals surface area contributed by atoms with Crippen LogP contribution in [0.25, 0.3) is 11.0 Å². The molecule has 3 aromatic rings. The summed E-state index contributed by atoms with van der Waals surface area (Å²) in [6, 6.07) is 16.9. The van der Waals surface area contributed by atoms with Gasteiger partial charge in [-0.05, 0) is 30.2 Å². The number of benzene rings is 2. The van der Waals surface area contributed by atoms with Crippen LogP contribution >= 0.6 is 0 Å². The van der Waals surface area contributed by atoms with Crippen LogP contribution in [0.1, 0.15) is 82.3 Å². The average molecular weight is 479 g/mol. The molecular formula is C30H38O5. The van der Waals surface area contributed by atoms with Crippen LogP contribution in [-0.4, -0.2) is 19.2 Å². The predicted octanol–water partition coefficient (Wildman–Crippen LogP) is 7.23. The van der Waals surface area contributed by atoms with Crippen molar-refractivity contribution in [3.8, 4) is 5.75 Å². The predicted molar refractivity (Wildman–Crippen MR) is 140 cm³/mol. The molecule has 1 heterocycles. The molecule has 0 atom stereocenters. The maximum atomic E-state index is 12.4. The molecule has 1 aromatic heterocycles. The summed E-state index contributed by atoms with van der Waals surface area (Å²) in [7, 11) is 0. The van der Waals surface area contributed by atoms with E-state index in [1.54, 1.807) is 12.1 Å². The van der Waals surface area contributed by atoms with Crippen molar-refractivity contribution >= 4 is 16.9 Å². The molecule has 5 nitrogen and oxygen atoms in total. The fourth-order valence-electron chi connectivity index (χ4n) is 4.12. The van der Waals surface area contributed by atoms with Crippen LogP contribution in [0.15, 0.2) is 63.8 Å². The minimum Gasteiger partial charge on any atom is -0.482 e. The molecule has 0 aliphatic rings. The Labute approximate surface area is 208 Å². The summed E-state index contributed by atoms with van der Waals surface area (Å²) < 4.78 is 16.3. The standard InChI is InChI=1S/C30H38O5/c1-2-3-4-5-6-7-8-9-10-14-19-33-29(31)23-34-27-18-17-25-21-26(30(32)35-28(25)22-27)20-24-15-12-11-13-16-24/h11-13,15-18,21-22H,2-10,14,19-20,23H2,1H3. The summed E-state index contributed by atoms with van der Waals surface area (Å²) in [5.74, 6) is 0.0769. The number of fused-ring (bicyclic) bond motifs is 1. The van der Waals surface area contributed by atoms with E-state index in [1.807, 2.05) is 42.5 Å². The molecular weight excluding hydrogens is 440 g/mol. The highest BCUT2D eigenvalue weighted by atomic mass is 16.6. The van der Waals surface area contributed by atoms with Gasteiger partial charge in [0.1, 0.15) is 11.3 Å². The van der Waals surface area contributed by atoms with Gasteiger partial charge in [-0.3, -0.25) is 0 Å². The van der Waals surface area contributed by atoms with Crippen molar-refractivity contribution in [3.05, 3.63) is 76.1 Å². The van der Waals surface area contributed by atoms with E-state index in [4.69, 9.17) is 13.9 Å². The van der Waals surface area contributed by atoms with Gasteiger partial charge in [-0.25, -0.2) is 9.59 Å². The van der Waals surface area contributed by atoms with Gasteiger partial charge in [0, 0.05) is 23.4 Å². The van der Waals surface area contributed by atoms with Crippen molar-refractivity contribution in [1.29, 1.82) is 0 Å². The van der Waals surface area contributed by atoms with E-state index in [-0.39, 0.29) is 18.2 Å². The molecule has 35 heavy (non-hydrogen) atoms. The molecule has 0 radical (unpaired) electrons. The first kappa shape index (κ1) is 26.5. The van der Waals surface area contributed by atoms with Gasteiger partial charge in [0.2, 0.25) is 0 Å². The SMILES string of the molecule is CCCCCCCCCCCCOC(=O)COc1ccc2cc(Cc3ccccc3)c(=O)oc2c1. The van der Waals surface area contributed by atoms with E-state index in [9.17, 15) is 9.59 Å². The van der Waals surface area contributed by atoms with Gasteiger partial charge in [0.15, 0.2) is 6.61 Å². The van der Waals surface area contributed by atoms with Crippen LogP contribution in [0, 0.1) is 0 Å². The van der Waals surface area contributed by atoms with Gasteiger partial charge >= 0.3 is 11.6 Å². The van der Waals surface area contributed by atoms with Crippen LogP contribution in [0.5, 0.6) is 5.75 Å². The lowest BCUT2D eigenvalue weighted by molar-refractivity contribution is -0.146. The topological polar surface area (TPSA) is 65.7 Å². The van der Waals surface area contributed by atoms with Gasteiger partial charge in [-0.2, -0.15) is 0 Å². The number of unbranched alkanes of at least 4 members (excludes halogenated alkanes) is 9. The first-order valence-corrected chi connectivity index (χ1v) is 13.0. The third kappa shape index (κ3) is 9.59. The molecule has 0 saturated heterocycles. The number of rotatable bonds is 16. The Morgan fingerprint density at radius 1 is 0.829 bits per heavy atom. The summed E-state index contributed by atoms with van der Waals surface area (Å²) in [5.41, 5.74) is 1.72. The largest absolute Gasteiger partial charge is 0.482 e. The van der Waals surface area contributed by atoms with Gasteiger partial charge in [0.05, 0.1) is 6.61 Å². The van der Waals surface area contributed by atoms with Crippen molar-refractivity contribution in [2.45, 2.75) is 77.6 Å². The number of ether oxygens (including phenoxy) is 2. The highest BCUT2D eigenvalue weighted by Gasteiger charge is 2.09. The van der Waals surface area contributed by atoms with E-state index < -0.39 is 0 Å². The number of esters is 1. The van der Waals surface area contributed by atoms with Crippen LogP contribution in [0.3, 0.4) is 0 Å². The van der Waals surface area contributed by atoms with Crippen molar-refractivity contribution in [1.82, 2.24) is 0 Å². The lowest BCUT2D eigenvalue weighted by atomic mass is 10.1. The van der Waals surface area contributed by atoms with Crippen molar-refractivity contribution in [2.75, 3.05) is 13.2 Å². The van der Waals surface area contributed by atoms with E-state index in [0.717, 1.165) is 23.8 Å². The van der Waals surface area contributed by atoms with Crippen LogP contribution in [-0.2, 0) is 16.0 Å². The first-order chi connectivity index (χ1) is 17.2. The Balaban J connectivity index is 1.35. The maximum absolute atomic E-state index is 12.4. The van der Waals surface area contributed by atoms with Gasteiger partial charge in [-0.1, -0.05) is 95.0 Å². The Kier molecular flexibility index (Phi) is 11.4. The molecule has 0 spiro atoms. The molecule has 0 bridgehead atoms. The zero-order valence-corrected chi connectivity index (χ0v) is 20.9. The molecule has 0 amide bonds. The Bertz CT molecular complexity index is 1090. The quantitative estimate of drug-likeness (QED) is 0.123. The fraction of sp³-hybridized carbons (Fsp3) is 0.467. The van der Waals surface area contributed by atoms with Crippen LogP contribution in [0.2, 0.25) is 0 Å². The highest BCUT2D eigenvalue weighted by Crippen LogP contribution is 2.21. The molecule has 188 valence electrons. The average Bonchev–Trinajstić information content (AvgIpc) is 2.87. The monoisotopic (exact) mass is 478 g/mol. The molecule has 3 rings (SSSR count). The second-order valence-corrected chi connectivity index (χ2v) is 9.11. The Morgan fingerprint density at radius 2 is 1.51 bits per heavy atom. The maximum Gasteiger partial charge on any atom is 0.344 e. The molecule has 0 fully saturated rings. The minimum atomic E-state index is -0.388. The zero-order valence-electron chi connectivity index (χ0n) is 20.9. The van der Waals surface area contributed by atoms with E-state index in [0.29, 0.717) is 29.9 Å². The normalized spacial score (nSPS) is 11.0. The summed E-state index contributed by atoms with van der Waals surface area (Å²) >= 11 is 0. The lowest BCUT2D eigenvalue weighted by Gasteiger charge is -2.08. The summed E-state index contributed by atoms with van der Waals surface area (Å²) in [6.45, 7) is 2.50. The van der Waals surface area contributed by atoms with Gasteiger partial charge in [-0.15, -0.1) is 0 Å². The van der Waals surface area contributed by atoms with Crippen molar-refractivity contribution in [3.63, 3.8) is 0 Å². The van der Waals surface area contributed by atoms with Crippen molar-refractivity contribution < 1.29 is 18.7 Å². The smallest absolute Gasteiger partial charge is 0.344 e. The number of hydrogen-bond donors (Lipinski definition) is 0. The van der Waals surface area contributed by atoms with E-state index in [1.165, 1.54) is 51.4 Å². The van der Waals surface area contributed by atoms with Crippen LogP contribution in [0.4, 0.5) is 0 Å². The third-order valence-electron chi connectivity index (χ3n) is 6.13. The fourth-order valence-corrected chi connectivity index (χ4v) is 4.12. The molecule has 0 N–H and O–H groups in total. The second-order valence-electron chi connectivity index (χ2n) is 9.11. The zero-order chi connectivity index (χ0) is 24.7. The lowest BCUT2D eigenvalue weighted by Crippen LogP contribution is -2.15. The highest BCUT2D eigenvalue weighted by molar-refractivity contribution is 5.79. The molecule has 0 aliphatic heterocycles. The third-order valence-corrected chi connectivity index (χ3v) is 6.13. The van der Waals surface area contributed by atoms with E-state index >= 15 is 0 Å². The van der Waals surface area contributed by atoms with Gasteiger partial charge in [0.25, 0.3) is 0 Å². The number of hydrogen-bond acceptors (Lipinski definition) is 5. The number of carbonyl (C=O) groups excluding carboxylic acids is 1. The van der Waals surface area contributed by atoms with Crippen LogP contribution < -0.4 is 10.4 Å². The number of carbonyl (C=O) groups is 1.